The molecule has 50 heavy (non-hydrogen) atoms. The first-order valence-electron chi connectivity index (χ1n) is 16.7. The third-order valence-electron chi connectivity index (χ3n) is 10.3. The standard InChI is InChI=1S/C30H48O20/c31-7-17-22(39)24(41)26(43)29(49-17)47-15-4-10(32)3-14-11(15)5-16(28(46-14)9-1-12(33)21(38)13(34)2-9)48-30-27(44)25(42)23(40)18(50-30)8-45-20(37)6-19(35)36/h9-18,21-34,38-44H,1-8H2,(H,35,36). The van der Waals surface area contributed by atoms with E-state index in [1.165, 1.54) is 0 Å². The Hall–Kier alpha value is -1.70. The van der Waals surface area contributed by atoms with Gasteiger partial charge in [-0.3, -0.25) is 9.59 Å². The van der Waals surface area contributed by atoms with E-state index in [9.17, 15) is 65.8 Å². The molecule has 18 atom stereocenters. The van der Waals surface area contributed by atoms with E-state index in [4.69, 9.17) is 33.5 Å². The number of rotatable bonds is 10. The van der Waals surface area contributed by atoms with Crippen molar-refractivity contribution in [2.24, 2.45) is 11.8 Å². The zero-order chi connectivity index (χ0) is 36.6. The SMILES string of the molecule is O=C(O)CC(=O)OCC1OC(OC2CC3C(OC4OC(CO)C(O)C(O)C4O)CC(O)CC3OC2C2CC(O)C(O)C(O)C2)C(O)C(O)C1O. The van der Waals surface area contributed by atoms with E-state index in [1.54, 1.807) is 0 Å². The summed E-state index contributed by atoms with van der Waals surface area (Å²) in [5.41, 5.74) is 0. The molecule has 0 radical (unpaired) electrons. The van der Waals surface area contributed by atoms with Crippen LogP contribution in [0.2, 0.25) is 0 Å². The fraction of sp³-hybridized carbons (Fsp3) is 0.933. The predicted octanol–water partition coefficient (Wildman–Crippen LogP) is -6.20. The van der Waals surface area contributed by atoms with Crippen molar-refractivity contribution in [2.75, 3.05) is 13.2 Å². The molecule has 12 N–H and O–H groups in total. The van der Waals surface area contributed by atoms with E-state index >= 15 is 0 Å². The Balaban J connectivity index is 1.38. The van der Waals surface area contributed by atoms with Gasteiger partial charge in [0, 0.05) is 12.3 Å². The zero-order valence-corrected chi connectivity index (χ0v) is 26.8. The van der Waals surface area contributed by atoms with E-state index in [2.05, 4.69) is 0 Å². The lowest BCUT2D eigenvalue weighted by atomic mass is 9.72. The molecule has 0 aromatic rings. The molecule has 0 aromatic heterocycles. The summed E-state index contributed by atoms with van der Waals surface area (Å²) in [4.78, 5) is 22.6. The van der Waals surface area contributed by atoms with Crippen LogP contribution in [0.15, 0.2) is 0 Å². The molecule has 5 aliphatic rings. The third-order valence-corrected chi connectivity index (χ3v) is 10.3. The number of aliphatic hydroxyl groups excluding tert-OH is 11. The lowest BCUT2D eigenvalue weighted by Gasteiger charge is -2.52. The Morgan fingerprint density at radius 3 is 1.76 bits per heavy atom. The Morgan fingerprint density at radius 1 is 0.620 bits per heavy atom. The second-order valence-corrected chi connectivity index (χ2v) is 13.8. The van der Waals surface area contributed by atoms with Gasteiger partial charge in [0.1, 0.15) is 68.0 Å². The number of hydrogen-bond donors (Lipinski definition) is 12. The molecule has 20 nitrogen and oxygen atoms in total. The summed E-state index contributed by atoms with van der Waals surface area (Å²) < 4.78 is 34.8. The topological polar surface area (TPSA) is 332 Å². The lowest BCUT2D eigenvalue weighted by molar-refractivity contribution is -0.345. The van der Waals surface area contributed by atoms with Gasteiger partial charge in [0.2, 0.25) is 0 Å². The van der Waals surface area contributed by atoms with Crippen LogP contribution >= 0.6 is 0 Å². The Morgan fingerprint density at radius 2 is 1.18 bits per heavy atom. The number of ether oxygens (including phenoxy) is 6. The molecule has 5 rings (SSSR count). The molecule has 3 heterocycles. The summed E-state index contributed by atoms with van der Waals surface area (Å²) in [7, 11) is 0. The first-order valence-corrected chi connectivity index (χ1v) is 16.7. The molecular formula is C30H48O20. The van der Waals surface area contributed by atoms with Crippen molar-refractivity contribution in [1.29, 1.82) is 0 Å². The molecule has 0 spiro atoms. The van der Waals surface area contributed by atoms with E-state index in [1.807, 2.05) is 0 Å². The van der Waals surface area contributed by atoms with Crippen LogP contribution in [-0.4, -0.2) is 197 Å². The van der Waals surface area contributed by atoms with Gasteiger partial charge in [-0.05, 0) is 31.6 Å². The molecule has 0 aromatic carbocycles. The highest BCUT2D eigenvalue weighted by Crippen LogP contribution is 2.45. The predicted molar refractivity (Wildman–Crippen MR) is 156 cm³/mol. The first kappa shape index (κ1) is 39.5. The number of fused-ring (bicyclic) bond motifs is 1. The Labute approximate surface area is 285 Å². The Bertz CT molecular complexity index is 1130. The summed E-state index contributed by atoms with van der Waals surface area (Å²) in [5.74, 6) is -3.94. The first-order chi connectivity index (χ1) is 23.6. The minimum atomic E-state index is -1.88. The number of esters is 1. The highest BCUT2D eigenvalue weighted by molar-refractivity contribution is 5.90. The van der Waals surface area contributed by atoms with Gasteiger partial charge in [-0.1, -0.05) is 0 Å². The quantitative estimate of drug-likeness (QED) is 0.0735. The van der Waals surface area contributed by atoms with Gasteiger partial charge in [-0.15, -0.1) is 0 Å². The molecule has 3 saturated heterocycles. The zero-order valence-electron chi connectivity index (χ0n) is 26.8. The summed E-state index contributed by atoms with van der Waals surface area (Å²) in [6, 6.07) is 0. The summed E-state index contributed by atoms with van der Waals surface area (Å²) in [5, 5.41) is 123. The van der Waals surface area contributed by atoms with Gasteiger partial charge in [-0.25, -0.2) is 0 Å². The fourth-order valence-electron chi connectivity index (χ4n) is 7.64. The molecule has 18 unspecified atom stereocenters. The molecule has 0 amide bonds. The van der Waals surface area contributed by atoms with Gasteiger partial charge in [0.15, 0.2) is 12.6 Å². The second kappa shape index (κ2) is 16.5. The van der Waals surface area contributed by atoms with Crippen LogP contribution < -0.4 is 0 Å². The molecule has 20 heteroatoms. The highest BCUT2D eigenvalue weighted by Gasteiger charge is 2.54. The average Bonchev–Trinajstić information content (AvgIpc) is 3.06. The smallest absolute Gasteiger partial charge is 0.317 e. The summed E-state index contributed by atoms with van der Waals surface area (Å²) >= 11 is 0. The normalized spacial score (nSPS) is 49.9. The van der Waals surface area contributed by atoms with Gasteiger partial charge >= 0.3 is 11.9 Å². The maximum absolute atomic E-state index is 11.8. The number of carbonyl (C=O) groups is 2. The molecule has 288 valence electrons. The van der Waals surface area contributed by atoms with Crippen molar-refractivity contribution < 1.29 is 99.3 Å². The van der Waals surface area contributed by atoms with Crippen LogP contribution in [0.1, 0.15) is 38.5 Å². The van der Waals surface area contributed by atoms with Crippen LogP contribution in [0.4, 0.5) is 0 Å². The van der Waals surface area contributed by atoms with Gasteiger partial charge < -0.3 is 89.7 Å². The molecule has 3 aliphatic heterocycles. The maximum atomic E-state index is 11.8. The molecule has 0 bridgehead atoms. The number of carbonyl (C=O) groups excluding carboxylic acids is 1. The van der Waals surface area contributed by atoms with Crippen molar-refractivity contribution in [1.82, 2.24) is 0 Å². The van der Waals surface area contributed by atoms with E-state index in [0.29, 0.717) is 0 Å². The monoisotopic (exact) mass is 728 g/mol. The molecule has 5 fully saturated rings. The number of carboxylic acid groups (broad SMARTS) is 1. The number of hydrogen-bond acceptors (Lipinski definition) is 19. The van der Waals surface area contributed by atoms with Crippen LogP contribution in [0.3, 0.4) is 0 Å². The van der Waals surface area contributed by atoms with Crippen molar-refractivity contribution in [3.63, 3.8) is 0 Å². The summed E-state index contributed by atoms with van der Waals surface area (Å²) in [6.45, 7) is -1.42. The number of aliphatic carboxylic acids is 1. The highest BCUT2D eigenvalue weighted by atomic mass is 16.7. The van der Waals surface area contributed by atoms with Gasteiger partial charge in [0.05, 0.1) is 49.3 Å². The van der Waals surface area contributed by atoms with Crippen molar-refractivity contribution in [3.8, 4) is 0 Å². The van der Waals surface area contributed by atoms with Gasteiger partial charge in [-0.2, -0.15) is 0 Å². The molecule has 2 aliphatic carbocycles. The van der Waals surface area contributed by atoms with E-state index < -0.39 is 154 Å². The molecule has 2 saturated carbocycles. The Kier molecular flexibility index (Phi) is 13.1. The fourth-order valence-corrected chi connectivity index (χ4v) is 7.64. The van der Waals surface area contributed by atoms with Crippen molar-refractivity contribution in [2.45, 2.75) is 149 Å². The minimum absolute atomic E-state index is 0.0127. The lowest BCUT2D eigenvalue weighted by Crippen LogP contribution is -2.63. The number of aliphatic hydroxyl groups is 11. The third kappa shape index (κ3) is 8.57. The van der Waals surface area contributed by atoms with E-state index in [0.717, 1.165) is 0 Å². The molecular weight excluding hydrogens is 680 g/mol. The second-order valence-electron chi connectivity index (χ2n) is 13.8. The minimum Gasteiger partial charge on any atom is -0.481 e. The van der Waals surface area contributed by atoms with E-state index in [-0.39, 0.29) is 32.1 Å². The number of carboxylic acids is 1. The van der Waals surface area contributed by atoms with Crippen molar-refractivity contribution >= 4 is 11.9 Å². The average molecular weight is 729 g/mol. The van der Waals surface area contributed by atoms with Crippen LogP contribution in [0.5, 0.6) is 0 Å². The van der Waals surface area contributed by atoms with Gasteiger partial charge in [0.25, 0.3) is 0 Å². The van der Waals surface area contributed by atoms with Crippen LogP contribution in [-0.2, 0) is 38.0 Å². The largest absolute Gasteiger partial charge is 0.481 e. The van der Waals surface area contributed by atoms with Crippen LogP contribution in [0, 0.1) is 11.8 Å². The maximum Gasteiger partial charge on any atom is 0.317 e. The van der Waals surface area contributed by atoms with Crippen LogP contribution in [0.25, 0.3) is 0 Å². The summed E-state index contributed by atoms with van der Waals surface area (Å²) in [6.07, 6.45) is -26.5. The van der Waals surface area contributed by atoms with Crippen molar-refractivity contribution in [3.05, 3.63) is 0 Å².